The fourth-order valence-electron chi connectivity index (χ4n) is 3.32. The number of hydrogen-bond donors (Lipinski definition) is 2. The van der Waals surface area contributed by atoms with Crippen molar-refractivity contribution >= 4 is 34.5 Å². The molecule has 1 unspecified atom stereocenters. The zero-order chi connectivity index (χ0) is 16.5. The van der Waals surface area contributed by atoms with Gasteiger partial charge in [-0.3, -0.25) is 9.59 Å². The van der Waals surface area contributed by atoms with E-state index in [-0.39, 0.29) is 17.9 Å². The fourth-order valence-corrected chi connectivity index (χ4v) is 4.48. The Morgan fingerprint density at radius 1 is 1.29 bits per heavy atom. The molecule has 1 saturated heterocycles. The van der Waals surface area contributed by atoms with Crippen LogP contribution in [0, 0.1) is 5.92 Å². The first-order valence-corrected chi connectivity index (χ1v) is 9.62. The van der Waals surface area contributed by atoms with E-state index in [0.717, 1.165) is 17.4 Å². The van der Waals surface area contributed by atoms with Gasteiger partial charge in [-0.25, -0.2) is 0 Å². The van der Waals surface area contributed by atoms with Crippen molar-refractivity contribution in [2.24, 2.45) is 5.92 Å². The number of thioether (sulfide) groups is 1. The number of hydrogen-bond acceptors (Lipinski definition) is 3. The first-order chi connectivity index (χ1) is 11.7. The highest BCUT2D eigenvalue weighted by Gasteiger charge is 2.36. The number of rotatable bonds is 4. The number of fused-ring (bicyclic) bond motifs is 1. The van der Waals surface area contributed by atoms with E-state index in [2.05, 4.69) is 10.3 Å². The first-order valence-electron chi connectivity index (χ1n) is 8.46. The van der Waals surface area contributed by atoms with E-state index in [0.29, 0.717) is 23.1 Å². The van der Waals surface area contributed by atoms with Gasteiger partial charge < -0.3 is 15.2 Å². The molecule has 5 nitrogen and oxygen atoms in total. The standard InChI is InChI=1S/C18H21N3O2S/c22-17(20-8-12-4-3-5-12)16-10-24-11-21(16)18(23)14-9-19-15-7-2-1-6-13(14)15/h1-2,6-7,9,12,16,19H,3-5,8,10-11H2,(H,20,22). The van der Waals surface area contributed by atoms with Crippen LogP contribution in [0.3, 0.4) is 0 Å². The molecule has 2 aliphatic rings. The summed E-state index contributed by atoms with van der Waals surface area (Å²) in [5, 5.41) is 3.95. The van der Waals surface area contributed by atoms with Crippen molar-refractivity contribution in [2.45, 2.75) is 25.3 Å². The third-order valence-electron chi connectivity index (χ3n) is 5.06. The molecule has 1 aliphatic carbocycles. The molecule has 4 rings (SSSR count). The average Bonchev–Trinajstić information content (AvgIpc) is 3.19. The third kappa shape index (κ3) is 2.79. The average molecular weight is 343 g/mol. The SMILES string of the molecule is O=C(NCC1CCC1)C1CSCN1C(=O)c1c[nH]c2ccccc12. The maximum absolute atomic E-state index is 13.0. The summed E-state index contributed by atoms with van der Waals surface area (Å²) in [6, 6.07) is 7.39. The van der Waals surface area contributed by atoms with E-state index < -0.39 is 0 Å². The molecule has 126 valence electrons. The zero-order valence-corrected chi connectivity index (χ0v) is 14.3. The molecule has 2 aromatic rings. The van der Waals surface area contributed by atoms with Crippen molar-refractivity contribution < 1.29 is 9.59 Å². The Hall–Kier alpha value is -1.95. The second-order valence-electron chi connectivity index (χ2n) is 6.58. The van der Waals surface area contributed by atoms with Gasteiger partial charge in [0.05, 0.1) is 11.4 Å². The van der Waals surface area contributed by atoms with Crippen LogP contribution < -0.4 is 5.32 Å². The number of carbonyl (C=O) groups is 2. The topological polar surface area (TPSA) is 65.2 Å². The Labute approximate surface area is 145 Å². The normalized spacial score (nSPS) is 21.0. The van der Waals surface area contributed by atoms with Crippen LogP contribution in [0.4, 0.5) is 0 Å². The number of nitrogens with one attached hydrogen (secondary N) is 2. The minimum Gasteiger partial charge on any atom is -0.360 e. The summed E-state index contributed by atoms with van der Waals surface area (Å²) < 4.78 is 0. The molecule has 6 heteroatoms. The maximum Gasteiger partial charge on any atom is 0.257 e. The highest BCUT2D eigenvalue weighted by molar-refractivity contribution is 7.99. The van der Waals surface area contributed by atoms with Crippen LogP contribution in [0.5, 0.6) is 0 Å². The van der Waals surface area contributed by atoms with Crippen LogP contribution >= 0.6 is 11.8 Å². The zero-order valence-electron chi connectivity index (χ0n) is 13.5. The second kappa shape index (κ2) is 6.51. The first kappa shape index (κ1) is 15.6. The second-order valence-corrected chi connectivity index (χ2v) is 7.58. The van der Waals surface area contributed by atoms with Crippen LogP contribution in [-0.2, 0) is 4.79 Å². The molecule has 1 aromatic carbocycles. The monoisotopic (exact) mass is 343 g/mol. The third-order valence-corrected chi connectivity index (χ3v) is 6.07. The Balaban J connectivity index is 1.49. The molecule has 2 heterocycles. The molecule has 0 bridgehead atoms. The van der Waals surface area contributed by atoms with Crippen molar-refractivity contribution in [3.8, 4) is 0 Å². The highest BCUT2D eigenvalue weighted by Crippen LogP contribution is 2.28. The highest BCUT2D eigenvalue weighted by atomic mass is 32.2. The summed E-state index contributed by atoms with van der Waals surface area (Å²) in [5.41, 5.74) is 1.59. The van der Waals surface area contributed by atoms with Gasteiger partial charge in [-0.05, 0) is 24.8 Å². The molecular formula is C18H21N3O2S. The van der Waals surface area contributed by atoms with Crippen molar-refractivity contribution in [1.29, 1.82) is 0 Å². The Morgan fingerprint density at radius 3 is 2.92 bits per heavy atom. The van der Waals surface area contributed by atoms with Crippen LogP contribution in [0.15, 0.2) is 30.5 Å². The van der Waals surface area contributed by atoms with Crippen LogP contribution in [0.1, 0.15) is 29.6 Å². The number of aromatic amines is 1. The number of carbonyl (C=O) groups excluding carboxylic acids is 2. The number of amides is 2. The number of nitrogens with zero attached hydrogens (tertiary/aromatic N) is 1. The van der Waals surface area contributed by atoms with Gasteiger partial charge in [-0.2, -0.15) is 0 Å². The molecule has 0 spiro atoms. The van der Waals surface area contributed by atoms with Gasteiger partial charge in [0.2, 0.25) is 5.91 Å². The molecule has 24 heavy (non-hydrogen) atoms. The summed E-state index contributed by atoms with van der Waals surface area (Å²) in [7, 11) is 0. The predicted octanol–water partition coefficient (Wildman–Crippen LogP) is 2.60. The smallest absolute Gasteiger partial charge is 0.257 e. The molecule has 0 radical (unpaired) electrons. The summed E-state index contributed by atoms with van der Waals surface area (Å²) in [6.07, 6.45) is 5.43. The lowest BCUT2D eigenvalue weighted by atomic mass is 9.85. The van der Waals surface area contributed by atoms with Crippen molar-refractivity contribution in [3.05, 3.63) is 36.0 Å². The predicted molar refractivity (Wildman–Crippen MR) is 95.9 cm³/mol. The van der Waals surface area contributed by atoms with E-state index in [1.165, 1.54) is 19.3 Å². The fraction of sp³-hybridized carbons (Fsp3) is 0.444. The molecular weight excluding hydrogens is 322 g/mol. The lowest BCUT2D eigenvalue weighted by molar-refractivity contribution is -0.124. The number of aromatic nitrogens is 1. The molecule has 1 aromatic heterocycles. The molecule has 2 amide bonds. The van der Waals surface area contributed by atoms with Crippen LogP contribution in [0.25, 0.3) is 10.9 Å². The summed E-state index contributed by atoms with van der Waals surface area (Å²) in [6.45, 7) is 0.745. The number of benzene rings is 1. The summed E-state index contributed by atoms with van der Waals surface area (Å²) >= 11 is 1.64. The van der Waals surface area contributed by atoms with Gasteiger partial charge in [0.1, 0.15) is 6.04 Å². The minimum absolute atomic E-state index is 0.0138. The van der Waals surface area contributed by atoms with Gasteiger partial charge in [0, 0.05) is 29.4 Å². The minimum atomic E-state index is -0.365. The maximum atomic E-state index is 13.0. The van der Waals surface area contributed by atoms with E-state index in [1.807, 2.05) is 24.3 Å². The summed E-state index contributed by atoms with van der Waals surface area (Å²) in [4.78, 5) is 30.3. The molecule has 2 fully saturated rings. The van der Waals surface area contributed by atoms with Crippen molar-refractivity contribution in [1.82, 2.24) is 15.2 Å². The molecule has 1 atom stereocenters. The molecule has 1 aliphatic heterocycles. The van der Waals surface area contributed by atoms with Crippen LogP contribution in [0.2, 0.25) is 0 Å². The largest absolute Gasteiger partial charge is 0.360 e. The lowest BCUT2D eigenvalue weighted by Gasteiger charge is -2.27. The number of para-hydroxylation sites is 1. The van der Waals surface area contributed by atoms with Gasteiger partial charge in [0.25, 0.3) is 5.91 Å². The molecule has 1 saturated carbocycles. The van der Waals surface area contributed by atoms with E-state index in [1.54, 1.807) is 22.9 Å². The lowest BCUT2D eigenvalue weighted by Crippen LogP contribution is -2.48. The van der Waals surface area contributed by atoms with E-state index >= 15 is 0 Å². The van der Waals surface area contributed by atoms with Gasteiger partial charge in [0.15, 0.2) is 0 Å². The van der Waals surface area contributed by atoms with Crippen LogP contribution in [-0.4, -0.2) is 45.9 Å². The summed E-state index contributed by atoms with van der Waals surface area (Å²) in [5.74, 6) is 1.78. The van der Waals surface area contributed by atoms with Gasteiger partial charge in [-0.15, -0.1) is 11.8 Å². The van der Waals surface area contributed by atoms with E-state index in [9.17, 15) is 9.59 Å². The quantitative estimate of drug-likeness (QED) is 0.897. The van der Waals surface area contributed by atoms with E-state index in [4.69, 9.17) is 0 Å². The number of H-pyrrole nitrogens is 1. The van der Waals surface area contributed by atoms with Gasteiger partial charge in [-0.1, -0.05) is 24.6 Å². The van der Waals surface area contributed by atoms with Crippen molar-refractivity contribution in [2.75, 3.05) is 18.2 Å². The van der Waals surface area contributed by atoms with Gasteiger partial charge >= 0.3 is 0 Å². The van der Waals surface area contributed by atoms with Crippen molar-refractivity contribution in [3.63, 3.8) is 0 Å². The Morgan fingerprint density at radius 2 is 2.12 bits per heavy atom. The Bertz CT molecular complexity index is 768. The Kier molecular flexibility index (Phi) is 4.22. The molecule has 2 N–H and O–H groups in total.